The Labute approximate surface area is 141 Å². The lowest BCUT2D eigenvalue weighted by Crippen LogP contribution is -2.39. The highest BCUT2D eigenvalue weighted by molar-refractivity contribution is 6.82. The molecular weight excluding hydrogens is 331 g/mol. The number of carbonyl (C=O) groups is 2. The van der Waals surface area contributed by atoms with Gasteiger partial charge in [0.25, 0.3) is 5.91 Å². The number of aromatic nitrogens is 3. The van der Waals surface area contributed by atoms with Crippen molar-refractivity contribution in [3.63, 3.8) is 0 Å². The third-order valence-corrected chi connectivity index (χ3v) is 3.53. The largest absolute Gasteiger partial charge is 0.575 e. The number of hydrogen-bond acceptors (Lipinski definition) is 7. The lowest BCUT2D eigenvalue weighted by atomic mass is 9.75. The van der Waals surface area contributed by atoms with Gasteiger partial charge in [0, 0.05) is 6.42 Å². The number of amides is 1. The number of carbonyl (C=O) groups excluding carboxylic acids is 1. The molecule has 0 atom stereocenters. The minimum absolute atomic E-state index is 0.0674. The molecule has 0 bridgehead atoms. The Kier molecular flexibility index (Phi) is 4.59. The monoisotopic (exact) mass is 344 g/mol. The number of hydrogen-bond donors (Lipinski definition) is 3. The van der Waals surface area contributed by atoms with E-state index in [-0.39, 0.29) is 36.5 Å². The van der Waals surface area contributed by atoms with Crippen LogP contribution in [0, 0.1) is 0 Å². The molecule has 3 N–H and O–H groups in total. The second kappa shape index (κ2) is 6.83. The second-order valence-corrected chi connectivity index (χ2v) is 5.31. The molecular formula is C14H13BN4O6. The van der Waals surface area contributed by atoms with Gasteiger partial charge in [0.05, 0.1) is 24.0 Å². The molecule has 25 heavy (non-hydrogen) atoms. The molecule has 128 valence electrons. The van der Waals surface area contributed by atoms with Crippen molar-refractivity contribution in [2.24, 2.45) is 4.99 Å². The van der Waals surface area contributed by atoms with Crippen LogP contribution in [0.15, 0.2) is 29.4 Å². The molecule has 0 aliphatic carbocycles. The van der Waals surface area contributed by atoms with Crippen LogP contribution in [-0.4, -0.2) is 54.8 Å². The molecule has 1 amide bonds. The molecule has 0 saturated heterocycles. The molecule has 2 aromatic rings. The fourth-order valence-corrected chi connectivity index (χ4v) is 2.41. The zero-order chi connectivity index (χ0) is 18.0. The van der Waals surface area contributed by atoms with Crippen LogP contribution in [0.4, 0.5) is 0 Å². The first kappa shape index (κ1) is 16.8. The summed E-state index contributed by atoms with van der Waals surface area (Å²) in [6, 6.07) is 4.55. The normalized spacial score (nSPS) is 15.0. The number of para-hydroxylation sites is 1. The van der Waals surface area contributed by atoms with E-state index in [4.69, 9.17) is 14.9 Å². The van der Waals surface area contributed by atoms with Gasteiger partial charge in [0.15, 0.2) is 0 Å². The predicted molar refractivity (Wildman–Crippen MR) is 84.1 cm³/mol. The van der Waals surface area contributed by atoms with Gasteiger partial charge in [0.1, 0.15) is 18.0 Å². The SMILES string of the molecule is O=C(Cn1cc(CO)nn1)N=C1Cc2cccc(C(=O)O)c2OB1O. The lowest BCUT2D eigenvalue weighted by molar-refractivity contribution is -0.118. The zero-order valence-electron chi connectivity index (χ0n) is 12.9. The molecule has 1 aliphatic heterocycles. The summed E-state index contributed by atoms with van der Waals surface area (Å²) in [6.45, 7) is -0.511. The first-order valence-electron chi connectivity index (χ1n) is 7.28. The molecule has 0 spiro atoms. The van der Waals surface area contributed by atoms with Crippen molar-refractivity contribution >= 4 is 24.6 Å². The van der Waals surface area contributed by atoms with Gasteiger partial charge < -0.3 is 19.9 Å². The summed E-state index contributed by atoms with van der Waals surface area (Å²) >= 11 is 0. The third-order valence-electron chi connectivity index (χ3n) is 3.53. The van der Waals surface area contributed by atoms with Crippen molar-refractivity contribution < 1.29 is 29.5 Å². The van der Waals surface area contributed by atoms with Gasteiger partial charge in [-0.2, -0.15) is 0 Å². The van der Waals surface area contributed by atoms with Crippen LogP contribution in [0.2, 0.25) is 0 Å². The van der Waals surface area contributed by atoms with Crippen molar-refractivity contribution in [3.05, 3.63) is 41.2 Å². The number of aromatic carboxylic acids is 1. The average molecular weight is 344 g/mol. The van der Waals surface area contributed by atoms with E-state index < -0.39 is 19.0 Å². The van der Waals surface area contributed by atoms with E-state index >= 15 is 0 Å². The lowest BCUT2D eigenvalue weighted by Gasteiger charge is -2.22. The van der Waals surface area contributed by atoms with Crippen molar-refractivity contribution in [2.75, 3.05) is 0 Å². The summed E-state index contributed by atoms with van der Waals surface area (Å²) in [5.74, 6) is -1.70. The highest BCUT2D eigenvalue weighted by Crippen LogP contribution is 2.29. The fourth-order valence-electron chi connectivity index (χ4n) is 2.41. The summed E-state index contributed by atoms with van der Waals surface area (Å²) < 4.78 is 6.45. The summed E-state index contributed by atoms with van der Waals surface area (Å²) in [7, 11) is -1.51. The van der Waals surface area contributed by atoms with Gasteiger partial charge >= 0.3 is 13.1 Å². The topological polar surface area (TPSA) is 147 Å². The standard InChI is InChI=1S/C14H13BN4O6/c20-7-9-5-19(18-17-9)6-12(21)16-11-4-8-2-1-3-10(14(22)23)13(8)25-15(11)24/h1-3,5,20,24H,4,6-7H2,(H,22,23). The second-order valence-electron chi connectivity index (χ2n) is 5.31. The number of carboxylic acid groups (broad SMARTS) is 1. The maximum Gasteiger partial charge on any atom is 0.575 e. The molecule has 1 aromatic heterocycles. The number of fused-ring (bicyclic) bond motifs is 1. The Morgan fingerprint density at radius 2 is 2.20 bits per heavy atom. The quantitative estimate of drug-likeness (QED) is 0.604. The van der Waals surface area contributed by atoms with Gasteiger partial charge in [-0.1, -0.05) is 17.3 Å². The molecule has 0 saturated carbocycles. The summed E-state index contributed by atoms with van der Waals surface area (Å²) in [5, 5.41) is 35.4. The number of aliphatic hydroxyl groups is 1. The van der Waals surface area contributed by atoms with Crippen molar-refractivity contribution in [1.29, 1.82) is 0 Å². The van der Waals surface area contributed by atoms with Gasteiger partial charge in [-0.3, -0.25) is 4.79 Å². The predicted octanol–water partition coefficient (Wildman–Crippen LogP) is -0.909. The Morgan fingerprint density at radius 3 is 2.88 bits per heavy atom. The van der Waals surface area contributed by atoms with Crippen molar-refractivity contribution in [2.45, 2.75) is 19.6 Å². The van der Waals surface area contributed by atoms with Crippen molar-refractivity contribution in [1.82, 2.24) is 15.0 Å². The smallest absolute Gasteiger partial charge is 0.531 e. The minimum atomic E-state index is -1.51. The maximum absolute atomic E-state index is 12.0. The van der Waals surface area contributed by atoms with Crippen LogP contribution in [0.3, 0.4) is 0 Å². The van der Waals surface area contributed by atoms with Gasteiger partial charge in [0.2, 0.25) is 0 Å². The van der Waals surface area contributed by atoms with Crippen molar-refractivity contribution in [3.8, 4) is 5.75 Å². The number of nitrogens with zero attached hydrogens (tertiary/aromatic N) is 4. The number of benzene rings is 1. The molecule has 3 rings (SSSR count). The van der Waals surface area contributed by atoms with Gasteiger partial charge in [-0.05, 0) is 11.6 Å². The van der Waals surface area contributed by atoms with E-state index in [2.05, 4.69) is 15.3 Å². The molecule has 0 radical (unpaired) electrons. The molecule has 11 heteroatoms. The Balaban J connectivity index is 1.79. The fraction of sp³-hybridized carbons (Fsp3) is 0.214. The first-order valence-corrected chi connectivity index (χ1v) is 7.28. The van der Waals surface area contributed by atoms with Crippen LogP contribution >= 0.6 is 0 Å². The van der Waals surface area contributed by atoms with Gasteiger partial charge in [-0.25, -0.2) is 14.5 Å². The van der Waals surface area contributed by atoms with Crippen LogP contribution in [0.25, 0.3) is 0 Å². The Hall–Kier alpha value is -3.05. The number of aliphatic imine (C=N–C) groups is 1. The summed E-state index contributed by atoms with van der Waals surface area (Å²) in [4.78, 5) is 27.0. The first-order chi connectivity index (χ1) is 12.0. The highest BCUT2D eigenvalue weighted by Gasteiger charge is 2.34. The number of carboxylic acids is 1. The molecule has 1 aliphatic rings. The van der Waals surface area contributed by atoms with E-state index in [1.165, 1.54) is 16.9 Å². The molecule has 0 unspecified atom stereocenters. The molecule has 1 aromatic carbocycles. The van der Waals surface area contributed by atoms with Crippen LogP contribution < -0.4 is 4.65 Å². The third kappa shape index (κ3) is 3.57. The molecule has 0 fully saturated rings. The van der Waals surface area contributed by atoms with E-state index in [0.717, 1.165) is 0 Å². The van der Waals surface area contributed by atoms with Crippen LogP contribution in [0.1, 0.15) is 21.6 Å². The van der Waals surface area contributed by atoms with Crippen LogP contribution in [0.5, 0.6) is 5.75 Å². The average Bonchev–Trinajstić information content (AvgIpc) is 3.02. The molecule has 10 nitrogen and oxygen atoms in total. The van der Waals surface area contributed by atoms with Crippen LogP contribution in [-0.2, 0) is 24.4 Å². The number of aliphatic hydroxyl groups excluding tert-OH is 1. The van der Waals surface area contributed by atoms with E-state index in [0.29, 0.717) is 11.3 Å². The number of rotatable bonds is 4. The van der Waals surface area contributed by atoms with E-state index in [9.17, 15) is 14.6 Å². The Bertz CT molecular complexity index is 865. The zero-order valence-corrected chi connectivity index (χ0v) is 12.9. The maximum atomic E-state index is 12.0. The minimum Gasteiger partial charge on any atom is -0.531 e. The van der Waals surface area contributed by atoms with Gasteiger partial charge in [-0.15, -0.1) is 5.10 Å². The Morgan fingerprint density at radius 1 is 1.40 bits per heavy atom. The summed E-state index contributed by atoms with van der Waals surface area (Å²) in [6.07, 6.45) is 1.49. The molecule has 2 heterocycles. The highest BCUT2D eigenvalue weighted by atomic mass is 16.5. The van der Waals surface area contributed by atoms with E-state index in [1.807, 2.05) is 0 Å². The van der Waals surface area contributed by atoms with E-state index in [1.54, 1.807) is 12.1 Å². The summed E-state index contributed by atoms with van der Waals surface area (Å²) in [5.41, 5.74) is 0.834.